The van der Waals surface area contributed by atoms with Crippen molar-refractivity contribution in [2.24, 2.45) is 5.92 Å². The lowest BCUT2D eigenvalue weighted by Crippen LogP contribution is -2.53. The summed E-state index contributed by atoms with van der Waals surface area (Å²) in [5, 5.41) is 13.0. The van der Waals surface area contributed by atoms with E-state index >= 15 is 0 Å². The number of fused-ring (bicyclic) bond motifs is 1. The second-order valence-corrected chi connectivity index (χ2v) is 8.00. The van der Waals surface area contributed by atoms with Crippen LogP contribution in [0.2, 0.25) is 0 Å². The molecule has 0 aromatic carbocycles. The fourth-order valence-electron chi connectivity index (χ4n) is 3.86. The van der Waals surface area contributed by atoms with Crippen LogP contribution < -0.4 is 5.32 Å². The molecule has 0 radical (unpaired) electrons. The van der Waals surface area contributed by atoms with Gasteiger partial charge in [-0.1, -0.05) is 19.8 Å². The minimum absolute atomic E-state index is 0.0116. The lowest BCUT2D eigenvalue weighted by Gasteiger charge is -2.39. The predicted octanol–water partition coefficient (Wildman–Crippen LogP) is 3.30. The molecule has 21 heavy (non-hydrogen) atoms. The Morgan fingerprint density at radius 3 is 2.95 bits per heavy atom. The summed E-state index contributed by atoms with van der Waals surface area (Å²) < 4.78 is 0. The summed E-state index contributed by atoms with van der Waals surface area (Å²) in [5.74, 6) is 0.584. The molecule has 2 atom stereocenters. The van der Waals surface area contributed by atoms with Gasteiger partial charge in [0.05, 0.1) is 17.0 Å². The number of aliphatic hydroxyl groups excluding tert-OH is 1. The van der Waals surface area contributed by atoms with E-state index in [1.54, 1.807) is 11.3 Å². The molecule has 0 saturated heterocycles. The van der Waals surface area contributed by atoms with E-state index in [1.807, 2.05) is 0 Å². The maximum Gasteiger partial charge on any atom is 0.261 e. The van der Waals surface area contributed by atoms with E-state index in [1.165, 1.54) is 29.7 Å². The first-order chi connectivity index (χ1) is 10.1. The van der Waals surface area contributed by atoms with Crippen molar-refractivity contribution in [1.29, 1.82) is 0 Å². The van der Waals surface area contributed by atoms with Crippen LogP contribution in [0.5, 0.6) is 0 Å². The molecule has 1 aromatic rings. The summed E-state index contributed by atoms with van der Waals surface area (Å²) in [6, 6.07) is 2.08. The van der Waals surface area contributed by atoms with Gasteiger partial charge in [-0.05, 0) is 56.1 Å². The van der Waals surface area contributed by atoms with Gasteiger partial charge in [-0.15, -0.1) is 11.3 Å². The number of hydrogen-bond acceptors (Lipinski definition) is 3. The first-order valence-corrected chi connectivity index (χ1v) is 8.98. The Bertz CT molecular complexity index is 501. The van der Waals surface area contributed by atoms with Crippen LogP contribution in [0.3, 0.4) is 0 Å². The molecule has 4 heteroatoms. The second-order valence-electron chi connectivity index (χ2n) is 6.86. The molecule has 1 amide bonds. The highest BCUT2D eigenvalue weighted by atomic mass is 32.1. The van der Waals surface area contributed by atoms with Crippen molar-refractivity contribution in [3.8, 4) is 0 Å². The SMILES string of the molecule is CC1CCCC(CO)(NC(=O)c2cc3c(s2)CCCC3)C1. The topological polar surface area (TPSA) is 49.3 Å². The summed E-state index contributed by atoms with van der Waals surface area (Å²) in [7, 11) is 0. The summed E-state index contributed by atoms with van der Waals surface area (Å²) in [4.78, 5) is 14.8. The third kappa shape index (κ3) is 3.16. The Kier molecular flexibility index (Phi) is 4.36. The number of amides is 1. The van der Waals surface area contributed by atoms with Gasteiger partial charge in [0.1, 0.15) is 0 Å². The van der Waals surface area contributed by atoms with Crippen molar-refractivity contribution < 1.29 is 9.90 Å². The molecule has 1 heterocycles. The number of rotatable bonds is 3. The van der Waals surface area contributed by atoms with Crippen LogP contribution in [-0.2, 0) is 12.8 Å². The van der Waals surface area contributed by atoms with Crippen molar-refractivity contribution in [3.05, 3.63) is 21.4 Å². The maximum atomic E-state index is 12.6. The Labute approximate surface area is 130 Å². The Morgan fingerprint density at radius 2 is 2.24 bits per heavy atom. The average Bonchev–Trinajstić information content (AvgIpc) is 2.91. The van der Waals surface area contributed by atoms with Gasteiger partial charge in [0.25, 0.3) is 5.91 Å². The molecular formula is C17H25NO2S. The summed E-state index contributed by atoms with van der Waals surface area (Å²) >= 11 is 1.65. The molecule has 1 saturated carbocycles. The highest BCUT2D eigenvalue weighted by Crippen LogP contribution is 2.34. The molecule has 2 aliphatic rings. The average molecular weight is 307 g/mol. The van der Waals surface area contributed by atoms with Crippen LogP contribution in [-0.4, -0.2) is 23.2 Å². The van der Waals surface area contributed by atoms with Crippen LogP contribution in [0.15, 0.2) is 6.07 Å². The standard InChI is InChI=1S/C17H25NO2S/c1-12-5-4-8-17(10-12,11-19)18-16(20)15-9-13-6-2-3-7-14(13)21-15/h9,12,19H,2-8,10-11H2,1H3,(H,18,20). The zero-order valence-corrected chi connectivity index (χ0v) is 13.6. The largest absolute Gasteiger partial charge is 0.394 e. The highest BCUT2D eigenvalue weighted by Gasteiger charge is 2.36. The molecule has 0 bridgehead atoms. The van der Waals surface area contributed by atoms with Crippen LogP contribution in [0, 0.1) is 5.92 Å². The number of aliphatic hydroxyl groups is 1. The number of nitrogens with one attached hydrogen (secondary N) is 1. The molecular weight excluding hydrogens is 282 g/mol. The first-order valence-electron chi connectivity index (χ1n) is 8.17. The Morgan fingerprint density at radius 1 is 1.43 bits per heavy atom. The van der Waals surface area contributed by atoms with Crippen LogP contribution in [0.25, 0.3) is 0 Å². The van der Waals surface area contributed by atoms with Gasteiger partial charge in [0.2, 0.25) is 0 Å². The summed E-state index contributed by atoms with van der Waals surface area (Å²) in [6.45, 7) is 2.26. The number of hydrogen-bond donors (Lipinski definition) is 2. The molecule has 0 spiro atoms. The molecule has 2 aliphatic carbocycles. The first kappa shape index (κ1) is 15.0. The zero-order valence-electron chi connectivity index (χ0n) is 12.8. The number of thiophene rings is 1. The quantitative estimate of drug-likeness (QED) is 0.900. The Balaban J connectivity index is 1.74. The molecule has 2 N–H and O–H groups in total. The number of aryl methyl sites for hydroxylation is 2. The lowest BCUT2D eigenvalue weighted by atomic mass is 9.77. The van der Waals surface area contributed by atoms with Crippen molar-refractivity contribution in [3.63, 3.8) is 0 Å². The highest BCUT2D eigenvalue weighted by molar-refractivity contribution is 7.14. The van der Waals surface area contributed by atoms with Crippen molar-refractivity contribution >= 4 is 17.2 Å². The fourth-order valence-corrected chi connectivity index (χ4v) is 5.01. The van der Waals surface area contributed by atoms with Crippen molar-refractivity contribution in [2.45, 2.75) is 63.8 Å². The normalized spacial score (nSPS) is 29.0. The minimum atomic E-state index is -0.404. The third-order valence-corrected chi connectivity index (χ3v) is 6.23. The maximum absolute atomic E-state index is 12.6. The van der Waals surface area contributed by atoms with Gasteiger partial charge in [-0.3, -0.25) is 4.79 Å². The second kappa shape index (κ2) is 6.09. The van der Waals surface area contributed by atoms with Gasteiger partial charge in [0.15, 0.2) is 0 Å². The van der Waals surface area contributed by atoms with Gasteiger partial charge in [-0.2, -0.15) is 0 Å². The van der Waals surface area contributed by atoms with Crippen LogP contribution in [0.4, 0.5) is 0 Å². The van der Waals surface area contributed by atoms with E-state index in [9.17, 15) is 9.90 Å². The molecule has 1 fully saturated rings. The molecule has 3 nitrogen and oxygen atoms in total. The van der Waals surface area contributed by atoms with E-state index in [4.69, 9.17) is 0 Å². The lowest BCUT2D eigenvalue weighted by molar-refractivity contribution is 0.0700. The zero-order chi connectivity index (χ0) is 14.9. The number of carbonyl (C=O) groups excluding carboxylic acids is 1. The van der Waals surface area contributed by atoms with Crippen molar-refractivity contribution in [1.82, 2.24) is 5.32 Å². The smallest absolute Gasteiger partial charge is 0.261 e. The summed E-state index contributed by atoms with van der Waals surface area (Å²) in [5.41, 5.74) is 0.964. The van der Waals surface area contributed by atoms with Crippen molar-refractivity contribution in [2.75, 3.05) is 6.61 Å². The molecule has 1 aromatic heterocycles. The Hall–Kier alpha value is -0.870. The van der Waals surface area contributed by atoms with E-state index < -0.39 is 5.54 Å². The number of carbonyl (C=O) groups is 1. The van der Waals surface area contributed by atoms with Crippen LogP contribution >= 0.6 is 11.3 Å². The molecule has 0 aliphatic heterocycles. The van der Waals surface area contributed by atoms with E-state index in [0.717, 1.165) is 37.0 Å². The molecule has 2 unspecified atom stereocenters. The van der Waals surface area contributed by atoms with Gasteiger partial charge >= 0.3 is 0 Å². The monoisotopic (exact) mass is 307 g/mol. The minimum Gasteiger partial charge on any atom is -0.394 e. The van der Waals surface area contributed by atoms with E-state index in [0.29, 0.717) is 5.92 Å². The van der Waals surface area contributed by atoms with Crippen LogP contribution in [0.1, 0.15) is 65.6 Å². The summed E-state index contributed by atoms with van der Waals surface area (Å²) in [6.07, 6.45) is 8.78. The van der Waals surface area contributed by atoms with Gasteiger partial charge < -0.3 is 10.4 Å². The molecule has 116 valence electrons. The van der Waals surface area contributed by atoms with E-state index in [-0.39, 0.29) is 12.5 Å². The van der Waals surface area contributed by atoms with Gasteiger partial charge in [0, 0.05) is 4.88 Å². The molecule has 3 rings (SSSR count). The third-order valence-electron chi connectivity index (χ3n) is 4.99. The van der Waals surface area contributed by atoms with E-state index in [2.05, 4.69) is 18.3 Å². The fraction of sp³-hybridized carbons (Fsp3) is 0.706. The van der Waals surface area contributed by atoms with Gasteiger partial charge in [-0.25, -0.2) is 0 Å². The predicted molar refractivity (Wildman–Crippen MR) is 85.9 cm³/mol.